The van der Waals surface area contributed by atoms with E-state index in [0.29, 0.717) is 5.02 Å². The molecule has 0 spiro atoms. The Bertz CT molecular complexity index is 618. The van der Waals surface area contributed by atoms with E-state index in [1.807, 2.05) is 37.3 Å². The molecule has 0 bridgehead atoms. The third kappa shape index (κ3) is 3.76. The van der Waals surface area contributed by atoms with Crippen LogP contribution in [0.3, 0.4) is 0 Å². The maximum Gasteiger partial charge on any atom is 0.0413 e. The van der Waals surface area contributed by atoms with Gasteiger partial charge in [-0.15, -0.1) is 0 Å². The summed E-state index contributed by atoms with van der Waals surface area (Å²) in [5, 5.41) is 1.45. The number of nitrogen functional groups attached to an aromatic ring is 1. The van der Waals surface area contributed by atoms with Gasteiger partial charge in [-0.3, -0.25) is 0 Å². The van der Waals surface area contributed by atoms with Crippen LogP contribution in [0.4, 0.5) is 5.69 Å². The second-order valence-electron chi connectivity index (χ2n) is 4.45. The molecular formula is C16H15Cl2N. The summed E-state index contributed by atoms with van der Waals surface area (Å²) in [5.74, 6) is 0. The number of hydrogen-bond acceptors (Lipinski definition) is 1. The van der Waals surface area contributed by atoms with E-state index >= 15 is 0 Å². The molecule has 1 nitrogen and oxygen atoms in total. The monoisotopic (exact) mass is 291 g/mol. The Morgan fingerprint density at radius 3 is 2.58 bits per heavy atom. The number of rotatable bonds is 3. The van der Waals surface area contributed by atoms with Crippen LogP contribution in [0.2, 0.25) is 10.0 Å². The summed E-state index contributed by atoms with van der Waals surface area (Å²) in [7, 11) is 0. The first kappa shape index (κ1) is 14.0. The van der Waals surface area contributed by atoms with Crippen molar-refractivity contribution in [2.45, 2.75) is 13.3 Å². The Kier molecular flexibility index (Phi) is 4.52. The lowest BCUT2D eigenvalue weighted by atomic mass is 10.0. The molecule has 0 aromatic heterocycles. The van der Waals surface area contributed by atoms with Gasteiger partial charge in [0.1, 0.15) is 0 Å². The Labute approximate surface area is 123 Å². The van der Waals surface area contributed by atoms with E-state index < -0.39 is 0 Å². The minimum Gasteiger partial charge on any atom is -0.398 e. The van der Waals surface area contributed by atoms with Crippen LogP contribution in [0.1, 0.15) is 18.1 Å². The van der Waals surface area contributed by atoms with Crippen molar-refractivity contribution in [2.75, 3.05) is 5.73 Å². The maximum atomic E-state index is 6.00. The molecule has 3 heteroatoms. The fourth-order valence-corrected chi connectivity index (χ4v) is 2.30. The highest BCUT2D eigenvalue weighted by atomic mass is 35.5. The molecule has 98 valence electrons. The fourth-order valence-electron chi connectivity index (χ4n) is 1.91. The van der Waals surface area contributed by atoms with Crippen molar-refractivity contribution in [3.8, 4) is 0 Å². The molecular weight excluding hydrogens is 277 g/mol. The van der Waals surface area contributed by atoms with Gasteiger partial charge in [-0.05, 0) is 54.8 Å². The zero-order valence-corrected chi connectivity index (χ0v) is 12.2. The first-order valence-electron chi connectivity index (χ1n) is 6.03. The average Bonchev–Trinajstić information content (AvgIpc) is 2.39. The van der Waals surface area contributed by atoms with Gasteiger partial charge in [0.15, 0.2) is 0 Å². The van der Waals surface area contributed by atoms with Gasteiger partial charge in [0.25, 0.3) is 0 Å². The summed E-state index contributed by atoms with van der Waals surface area (Å²) < 4.78 is 0. The summed E-state index contributed by atoms with van der Waals surface area (Å²) in [5.41, 5.74) is 9.97. The van der Waals surface area contributed by atoms with Crippen molar-refractivity contribution in [3.05, 3.63) is 69.7 Å². The van der Waals surface area contributed by atoms with Gasteiger partial charge in [-0.2, -0.15) is 0 Å². The van der Waals surface area contributed by atoms with Crippen LogP contribution < -0.4 is 5.73 Å². The van der Waals surface area contributed by atoms with Gasteiger partial charge in [0, 0.05) is 21.3 Å². The van der Waals surface area contributed by atoms with E-state index in [4.69, 9.17) is 28.9 Å². The molecule has 0 saturated heterocycles. The zero-order valence-electron chi connectivity index (χ0n) is 10.7. The maximum absolute atomic E-state index is 6.00. The van der Waals surface area contributed by atoms with Gasteiger partial charge >= 0.3 is 0 Å². The highest BCUT2D eigenvalue weighted by Gasteiger charge is 2.02. The van der Waals surface area contributed by atoms with E-state index in [1.165, 1.54) is 5.56 Å². The second-order valence-corrected chi connectivity index (χ2v) is 5.33. The molecule has 0 heterocycles. The predicted octanol–water partition coefficient (Wildman–Crippen LogP) is 5.22. The summed E-state index contributed by atoms with van der Waals surface area (Å²) in [6.07, 6.45) is 2.95. The van der Waals surface area contributed by atoms with Gasteiger partial charge in [-0.25, -0.2) is 0 Å². The molecule has 0 fully saturated rings. The largest absolute Gasteiger partial charge is 0.398 e. The standard InChI is InChI=1S/C16H15Cl2N/c1-11(15-10-14(18)7-8-16(15)19)5-6-12-3-2-4-13(17)9-12/h2-5,7-10H,6,19H2,1H3/b11-5+. The molecule has 19 heavy (non-hydrogen) atoms. The molecule has 2 N–H and O–H groups in total. The van der Waals surface area contributed by atoms with Crippen LogP contribution in [-0.4, -0.2) is 0 Å². The number of anilines is 1. The van der Waals surface area contributed by atoms with Crippen LogP contribution in [0.25, 0.3) is 5.57 Å². The predicted molar refractivity (Wildman–Crippen MR) is 84.7 cm³/mol. The highest BCUT2D eigenvalue weighted by Crippen LogP contribution is 2.25. The summed E-state index contributed by atoms with van der Waals surface area (Å²) in [6.45, 7) is 2.03. The van der Waals surface area contributed by atoms with Crippen molar-refractivity contribution in [1.82, 2.24) is 0 Å². The number of allylic oxidation sites excluding steroid dienone is 2. The molecule has 0 aliphatic carbocycles. The van der Waals surface area contributed by atoms with Crippen molar-refractivity contribution < 1.29 is 0 Å². The van der Waals surface area contributed by atoms with Crippen molar-refractivity contribution in [3.63, 3.8) is 0 Å². The molecule has 0 aliphatic rings. The van der Waals surface area contributed by atoms with E-state index in [-0.39, 0.29) is 0 Å². The summed E-state index contributed by atoms with van der Waals surface area (Å²) >= 11 is 12.0. The highest BCUT2D eigenvalue weighted by molar-refractivity contribution is 6.31. The number of benzene rings is 2. The van der Waals surface area contributed by atoms with Crippen molar-refractivity contribution in [1.29, 1.82) is 0 Å². The fraction of sp³-hybridized carbons (Fsp3) is 0.125. The van der Waals surface area contributed by atoms with Gasteiger partial charge in [0.05, 0.1) is 0 Å². The third-order valence-corrected chi connectivity index (χ3v) is 3.44. The molecule has 2 rings (SSSR count). The van der Waals surface area contributed by atoms with Crippen LogP contribution >= 0.6 is 23.2 Å². The molecule has 0 aliphatic heterocycles. The van der Waals surface area contributed by atoms with Crippen LogP contribution in [0.15, 0.2) is 48.5 Å². The van der Waals surface area contributed by atoms with Gasteiger partial charge in [0.2, 0.25) is 0 Å². The second kappa shape index (κ2) is 6.14. The lowest BCUT2D eigenvalue weighted by Gasteiger charge is -2.07. The van der Waals surface area contributed by atoms with Crippen LogP contribution in [0, 0.1) is 0 Å². The lowest BCUT2D eigenvalue weighted by Crippen LogP contribution is -1.92. The van der Waals surface area contributed by atoms with Gasteiger partial charge in [-0.1, -0.05) is 41.4 Å². The zero-order chi connectivity index (χ0) is 13.8. The summed E-state index contributed by atoms with van der Waals surface area (Å²) in [4.78, 5) is 0. The summed E-state index contributed by atoms with van der Waals surface area (Å²) in [6, 6.07) is 13.4. The Hall–Kier alpha value is -1.44. The SMILES string of the molecule is C/C(=C\Cc1cccc(Cl)c1)c1cc(Cl)ccc1N. The molecule has 2 aromatic carbocycles. The van der Waals surface area contributed by atoms with Gasteiger partial charge < -0.3 is 5.73 Å². The first-order valence-corrected chi connectivity index (χ1v) is 6.78. The molecule has 0 amide bonds. The quantitative estimate of drug-likeness (QED) is 0.771. The van der Waals surface area contributed by atoms with Crippen LogP contribution in [-0.2, 0) is 6.42 Å². The van der Waals surface area contributed by atoms with E-state index in [9.17, 15) is 0 Å². The smallest absolute Gasteiger partial charge is 0.0413 e. The molecule has 0 unspecified atom stereocenters. The lowest BCUT2D eigenvalue weighted by molar-refractivity contribution is 1.27. The van der Waals surface area contributed by atoms with E-state index in [1.54, 1.807) is 6.07 Å². The Morgan fingerprint density at radius 2 is 1.84 bits per heavy atom. The van der Waals surface area contributed by atoms with E-state index in [0.717, 1.165) is 28.3 Å². The average molecular weight is 292 g/mol. The molecule has 0 atom stereocenters. The number of halogens is 2. The first-order chi connectivity index (χ1) is 9.06. The molecule has 0 saturated carbocycles. The minimum atomic E-state index is 0.694. The normalized spacial score (nSPS) is 11.6. The van der Waals surface area contributed by atoms with Crippen molar-refractivity contribution in [2.24, 2.45) is 0 Å². The number of nitrogens with two attached hydrogens (primary N) is 1. The third-order valence-electron chi connectivity index (χ3n) is 2.97. The Morgan fingerprint density at radius 1 is 1.11 bits per heavy atom. The van der Waals surface area contributed by atoms with E-state index in [2.05, 4.69) is 12.1 Å². The van der Waals surface area contributed by atoms with Crippen molar-refractivity contribution >= 4 is 34.5 Å². The topological polar surface area (TPSA) is 26.0 Å². The Balaban J connectivity index is 2.21. The number of hydrogen-bond donors (Lipinski definition) is 1. The molecule has 0 radical (unpaired) electrons. The molecule has 2 aromatic rings. The van der Waals surface area contributed by atoms with Crippen LogP contribution in [0.5, 0.6) is 0 Å². The minimum absolute atomic E-state index is 0.694.